The minimum atomic E-state index is -3.53. The molecule has 31 heavy (non-hydrogen) atoms. The molecule has 4 aromatic rings. The Balaban J connectivity index is 1.46. The van der Waals surface area contributed by atoms with Gasteiger partial charge in [0.05, 0.1) is 9.85 Å². The van der Waals surface area contributed by atoms with E-state index < -0.39 is 10.0 Å². The highest BCUT2D eigenvalue weighted by Gasteiger charge is 2.30. The molecule has 0 spiro atoms. The van der Waals surface area contributed by atoms with Crippen molar-refractivity contribution >= 4 is 49.7 Å². The average Bonchev–Trinajstić information content (AvgIpc) is 3.26. The van der Waals surface area contributed by atoms with Gasteiger partial charge in [0.2, 0.25) is 0 Å². The number of benzene rings is 2. The first-order valence-corrected chi connectivity index (χ1v) is 12.5. The number of para-hydroxylation sites is 1. The Kier molecular flexibility index (Phi) is 5.39. The Morgan fingerprint density at radius 3 is 2.26 bits per heavy atom. The van der Waals surface area contributed by atoms with Gasteiger partial charge in [-0.15, -0.1) is 11.3 Å². The molecule has 2 aromatic heterocycles. The van der Waals surface area contributed by atoms with Gasteiger partial charge in [0.25, 0.3) is 10.0 Å². The summed E-state index contributed by atoms with van der Waals surface area (Å²) >= 11 is 7.03. The molecule has 1 saturated heterocycles. The van der Waals surface area contributed by atoms with Gasteiger partial charge >= 0.3 is 0 Å². The fourth-order valence-corrected chi connectivity index (χ4v) is 6.78. The normalized spacial score (nSPS) is 15.5. The number of piperazine rings is 1. The predicted molar refractivity (Wildman–Crippen MR) is 125 cm³/mol. The number of fused-ring (bicyclic) bond motifs is 1. The molecule has 0 radical (unpaired) electrons. The average molecular weight is 471 g/mol. The standard InChI is InChI=1S/C22H19ClN4O2S2/c23-19-10-11-20(30-19)31(28,29)27-14-12-26(13-15-27)22-17-8-4-5-9-18(17)24-21(25-22)16-6-2-1-3-7-16/h1-11H,12-15H2. The van der Waals surface area contributed by atoms with Crippen molar-refractivity contribution in [1.29, 1.82) is 0 Å². The largest absolute Gasteiger partial charge is 0.353 e. The van der Waals surface area contributed by atoms with Crippen LogP contribution in [-0.2, 0) is 10.0 Å². The SMILES string of the molecule is O=S(=O)(c1ccc(Cl)s1)N1CCN(c2nc(-c3ccccc3)nc3ccccc23)CC1. The molecule has 0 saturated carbocycles. The molecule has 158 valence electrons. The summed E-state index contributed by atoms with van der Waals surface area (Å²) in [7, 11) is -3.53. The van der Waals surface area contributed by atoms with Crippen LogP contribution in [0.4, 0.5) is 5.82 Å². The maximum atomic E-state index is 12.9. The maximum Gasteiger partial charge on any atom is 0.252 e. The van der Waals surface area contributed by atoms with Crippen LogP contribution in [0.1, 0.15) is 0 Å². The summed E-state index contributed by atoms with van der Waals surface area (Å²) in [5.74, 6) is 1.50. The molecule has 5 rings (SSSR count). The number of sulfonamides is 1. The smallest absolute Gasteiger partial charge is 0.252 e. The monoisotopic (exact) mass is 470 g/mol. The number of rotatable bonds is 4. The van der Waals surface area contributed by atoms with E-state index in [-0.39, 0.29) is 4.21 Å². The van der Waals surface area contributed by atoms with E-state index in [9.17, 15) is 8.42 Å². The lowest BCUT2D eigenvalue weighted by atomic mass is 10.1. The first-order chi connectivity index (χ1) is 15.0. The van der Waals surface area contributed by atoms with Crippen LogP contribution >= 0.6 is 22.9 Å². The van der Waals surface area contributed by atoms with Gasteiger partial charge < -0.3 is 4.90 Å². The highest BCUT2D eigenvalue weighted by atomic mass is 35.5. The second-order valence-corrected chi connectivity index (χ2v) is 11.1. The summed E-state index contributed by atoms with van der Waals surface area (Å²) in [6, 6.07) is 21.0. The molecule has 0 amide bonds. The number of aromatic nitrogens is 2. The second-order valence-electron chi connectivity index (χ2n) is 7.20. The Labute approximate surface area is 189 Å². The van der Waals surface area contributed by atoms with Crippen LogP contribution in [0.2, 0.25) is 4.34 Å². The van der Waals surface area contributed by atoms with Crippen LogP contribution in [0, 0.1) is 0 Å². The Bertz CT molecular complexity index is 1330. The molecule has 0 N–H and O–H groups in total. The van der Waals surface area contributed by atoms with Crippen LogP contribution < -0.4 is 4.90 Å². The van der Waals surface area contributed by atoms with Crippen molar-refractivity contribution in [3.63, 3.8) is 0 Å². The van der Waals surface area contributed by atoms with E-state index >= 15 is 0 Å². The first-order valence-electron chi connectivity index (χ1n) is 9.85. The quantitative estimate of drug-likeness (QED) is 0.438. The number of nitrogens with zero attached hydrogens (tertiary/aromatic N) is 4. The fourth-order valence-electron chi connectivity index (χ4n) is 3.72. The number of thiophene rings is 1. The lowest BCUT2D eigenvalue weighted by Crippen LogP contribution is -2.48. The Morgan fingerprint density at radius 1 is 0.839 bits per heavy atom. The van der Waals surface area contributed by atoms with Crippen LogP contribution in [0.5, 0.6) is 0 Å². The summed E-state index contributed by atoms with van der Waals surface area (Å²) in [6.07, 6.45) is 0. The van der Waals surface area contributed by atoms with Crippen molar-refractivity contribution in [2.45, 2.75) is 4.21 Å². The van der Waals surface area contributed by atoms with Crippen molar-refractivity contribution in [1.82, 2.24) is 14.3 Å². The molecular formula is C22H19ClN4O2S2. The zero-order valence-electron chi connectivity index (χ0n) is 16.5. The van der Waals surface area contributed by atoms with Crippen molar-refractivity contribution in [2.75, 3.05) is 31.1 Å². The van der Waals surface area contributed by atoms with Gasteiger partial charge in [-0.3, -0.25) is 0 Å². The second kappa shape index (κ2) is 8.20. The van der Waals surface area contributed by atoms with Crippen LogP contribution in [-0.4, -0.2) is 48.9 Å². The van der Waals surface area contributed by atoms with Gasteiger partial charge in [0.15, 0.2) is 5.82 Å². The molecule has 2 aromatic carbocycles. The molecule has 0 atom stereocenters. The lowest BCUT2D eigenvalue weighted by molar-refractivity contribution is 0.385. The predicted octanol–water partition coefficient (Wildman–Crippen LogP) is 4.52. The van der Waals surface area contributed by atoms with Crippen molar-refractivity contribution < 1.29 is 8.42 Å². The van der Waals surface area contributed by atoms with E-state index in [1.807, 2.05) is 54.6 Å². The van der Waals surface area contributed by atoms with Gasteiger partial charge in [-0.2, -0.15) is 4.31 Å². The number of halogens is 1. The van der Waals surface area contributed by atoms with Crippen molar-refractivity contribution in [3.8, 4) is 11.4 Å². The van der Waals surface area contributed by atoms with Gasteiger partial charge in [-0.05, 0) is 24.3 Å². The highest BCUT2D eigenvalue weighted by Crippen LogP contribution is 2.31. The molecule has 3 heterocycles. The summed E-state index contributed by atoms with van der Waals surface area (Å²) in [6.45, 7) is 1.87. The zero-order valence-corrected chi connectivity index (χ0v) is 18.9. The number of anilines is 1. The maximum absolute atomic E-state index is 12.9. The third kappa shape index (κ3) is 3.92. The number of hydrogen-bond acceptors (Lipinski definition) is 6. The number of hydrogen-bond donors (Lipinski definition) is 0. The van der Waals surface area contributed by atoms with Gasteiger partial charge in [0, 0.05) is 37.1 Å². The zero-order chi connectivity index (χ0) is 21.4. The molecule has 1 fully saturated rings. The molecular weight excluding hydrogens is 452 g/mol. The van der Waals surface area contributed by atoms with E-state index in [4.69, 9.17) is 21.6 Å². The van der Waals surface area contributed by atoms with Crippen molar-refractivity contribution in [2.24, 2.45) is 0 Å². The Morgan fingerprint density at radius 2 is 1.55 bits per heavy atom. The van der Waals surface area contributed by atoms with Crippen LogP contribution in [0.3, 0.4) is 0 Å². The molecule has 6 nitrogen and oxygen atoms in total. The van der Waals surface area contributed by atoms with Gasteiger partial charge in [-0.25, -0.2) is 18.4 Å². The molecule has 0 aliphatic carbocycles. The molecule has 9 heteroatoms. The first kappa shape index (κ1) is 20.4. The topological polar surface area (TPSA) is 66.4 Å². The third-order valence-corrected chi connectivity index (χ3v) is 8.89. The Hall–Kier alpha value is -2.52. The van der Waals surface area contributed by atoms with Gasteiger partial charge in [-0.1, -0.05) is 54.1 Å². The molecule has 1 aliphatic rings. The summed E-state index contributed by atoms with van der Waals surface area (Å²) in [5, 5.41) is 0.962. The summed E-state index contributed by atoms with van der Waals surface area (Å²) in [5.41, 5.74) is 1.82. The minimum Gasteiger partial charge on any atom is -0.353 e. The van der Waals surface area contributed by atoms with E-state index in [0.717, 1.165) is 33.6 Å². The van der Waals surface area contributed by atoms with E-state index in [1.54, 1.807) is 12.1 Å². The highest BCUT2D eigenvalue weighted by molar-refractivity contribution is 7.91. The van der Waals surface area contributed by atoms with Crippen LogP contribution in [0.15, 0.2) is 70.9 Å². The van der Waals surface area contributed by atoms with E-state index in [0.29, 0.717) is 36.3 Å². The lowest BCUT2D eigenvalue weighted by Gasteiger charge is -2.35. The van der Waals surface area contributed by atoms with Crippen molar-refractivity contribution in [3.05, 3.63) is 71.1 Å². The summed E-state index contributed by atoms with van der Waals surface area (Å²) in [4.78, 5) is 11.8. The van der Waals surface area contributed by atoms with Crippen LogP contribution in [0.25, 0.3) is 22.3 Å². The summed E-state index contributed by atoms with van der Waals surface area (Å²) < 4.78 is 28.1. The molecule has 1 aliphatic heterocycles. The molecule has 0 bridgehead atoms. The third-order valence-electron chi connectivity index (χ3n) is 5.30. The minimum absolute atomic E-state index is 0.282. The van der Waals surface area contributed by atoms with Gasteiger partial charge in [0.1, 0.15) is 10.0 Å². The van der Waals surface area contributed by atoms with E-state index in [2.05, 4.69) is 4.90 Å². The van der Waals surface area contributed by atoms with E-state index in [1.165, 1.54) is 4.31 Å². The fraction of sp³-hybridized carbons (Fsp3) is 0.182. The molecule has 0 unspecified atom stereocenters.